The lowest BCUT2D eigenvalue weighted by Crippen LogP contribution is -2.42. The second-order valence-electron chi connectivity index (χ2n) is 5.09. The van der Waals surface area contributed by atoms with E-state index in [1.165, 1.54) is 0 Å². The van der Waals surface area contributed by atoms with Crippen LogP contribution in [0.4, 0.5) is 0 Å². The van der Waals surface area contributed by atoms with Gasteiger partial charge in [0.05, 0.1) is 18.7 Å². The molecular formula is C13H18N4O. The first-order chi connectivity index (χ1) is 8.74. The SMILES string of the molecule is N#CC1CCC(NCC(=O)N2CCC[C@H]2C#N)C1. The number of amides is 1. The van der Waals surface area contributed by atoms with Crippen molar-refractivity contribution >= 4 is 5.91 Å². The van der Waals surface area contributed by atoms with Gasteiger partial charge in [0, 0.05) is 18.5 Å². The highest BCUT2D eigenvalue weighted by atomic mass is 16.2. The minimum absolute atomic E-state index is 0.0134. The maximum Gasteiger partial charge on any atom is 0.237 e. The summed E-state index contributed by atoms with van der Waals surface area (Å²) in [6, 6.07) is 4.49. The number of rotatable bonds is 3. The van der Waals surface area contributed by atoms with Crippen molar-refractivity contribution in [3.63, 3.8) is 0 Å². The predicted molar refractivity (Wildman–Crippen MR) is 65.1 cm³/mol. The number of nitriles is 2. The average molecular weight is 246 g/mol. The smallest absolute Gasteiger partial charge is 0.237 e. The zero-order valence-corrected chi connectivity index (χ0v) is 10.4. The summed E-state index contributed by atoms with van der Waals surface area (Å²) < 4.78 is 0. The molecule has 1 heterocycles. The van der Waals surface area contributed by atoms with Crippen molar-refractivity contribution in [1.29, 1.82) is 10.5 Å². The van der Waals surface area contributed by atoms with Gasteiger partial charge < -0.3 is 10.2 Å². The molecule has 1 saturated heterocycles. The lowest BCUT2D eigenvalue weighted by Gasteiger charge is -2.21. The Bertz CT molecular complexity index is 395. The van der Waals surface area contributed by atoms with Gasteiger partial charge in [-0.05, 0) is 32.1 Å². The maximum atomic E-state index is 12.0. The van der Waals surface area contributed by atoms with Crippen molar-refractivity contribution in [3.8, 4) is 12.1 Å². The van der Waals surface area contributed by atoms with Crippen molar-refractivity contribution < 1.29 is 4.79 Å². The zero-order chi connectivity index (χ0) is 13.0. The third kappa shape index (κ3) is 2.80. The van der Waals surface area contributed by atoms with E-state index >= 15 is 0 Å². The van der Waals surface area contributed by atoms with Gasteiger partial charge in [-0.2, -0.15) is 10.5 Å². The third-order valence-corrected chi connectivity index (χ3v) is 3.88. The largest absolute Gasteiger partial charge is 0.326 e. The van der Waals surface area contributed by atoms with Gasteiger partial charge in [-0.3, -0.25) is 4.79 Å². The highest BCUT2D eigenvalue weighted by molar-refractivity contribution is 5.79. The van der Waals surface area contributed by atoms with Crippen LogP contribution in [0.3, 0.4) is 0 Å². The normalized spacial score (nSPS) is 31.0. The molecule has 1 aliphatic heterocycles. The van der Waals surface area contributed by atoms with E-state index in [-0.39, 0.29) is 23.9 Å². The van der Waals surface area contributed by atoms with Crippen molar-refractivity contribution in [3.05, 3.63) is 0 Å². The van der Waals surface area contributed by atoms with Crippen LogP contribution in [0.2, 0.25) is 0 Å². The van der Waals surface area contributed by atoms with E-state index in [4.69, 9.17) is 10.5 Å². The van der Waals surface area contributed by atoms with Gasteiger partial charge in [0.2, 0.25) is 5.91 Å². The highest BCUT2D eigenvalue weighted by Crippen LogP contribution is 2.24. The van der Waals surface area contributed by atoms with Crippen LogP contribution in [0, 0.1) is 28.6 Å². The van der Waals surface area contributed by atoms with Gasteiger partial charge >= 0.3 is 0 Å². The molecule has 18 heavy (non-hydrogen) atoms. The number of carbonyl (C=O) groups is 1. The molecule has 0 aromatic carbocycles. The number of carbonyl (C=O) groups excluding carboxylic acids is 1. The molecule has 3 atom stereocenters. The molecule has 0 spiro atoms. The molecule has 1 aliphatic carbocycles. The predicted octanol–water partition coefficient (Wildman–Crippen LogP) is 0.783. The van der Waals surface area contributed by atoms with Crippen molar-refractivity contribution in [2.75, 3.05) is 13.1 Å². The van der Waals surface area contributed by atoms with Crippen LogP contribution in [0.1, 0.15) is 32.1 Å². The molecule has 5 heteroatoms. The molecule has 0 aromatic rings. The van der Waals surface area contributed by atoms with E-state index in [2.05, 4.69) is 17.5 Å². The van der Waals surface area contributed by atoms with E-state index in [0.717, 1.165) is 32.1 Å². The van der Waals surface area contributed by atoms with Gasteiger partial charge in [0.1, 0.15) is 6.04 Å². The highest BCUT2D eigenvalue weighted by Gasteiger charge is 2.29. The molecule has 2 aliphatic rings. The molecule has 96 valence electrons. The first kappa shape index (κ1) is 12.9. The van der Waals surface area contributed by atoms with Crippen molar-refractivity contribution in [2.45, 2.75) is 44.2 Å². The van der Waals surface area contributed by atoms with Crippen LogP contribution in [0.25, 0.3) is 0 Å². The van der Waals surface area contributed by atoms with Gasteiger partial charge in [0.25, 0.3) is 0 Å². The fourth-order valence-corrected chi connectivity index (χ4v) is 2.82. The monoisotopic (exact) mass is 246 g/mol. The lowest BCUT2D eigenvalue weighted by atomic mass is 10.1. The first-order valence-corrected chi connectivity index (χ1v) is 6.56. The number of hydrogen-bond acceptors (Lipinski definition) is 4. The fraction of sp³-hybridized carbons (Fsp3) is 0.769. The summed E-state index contributed by atoms with van der Waals surface area (Å²) in [4.78, 5) is 13.6. The third-order valence-electron chi connectivity index (χ3n) is 3.88. The Morgan fingerprint density at radius 1 is 1.28 bits per heavy atom. The molecule has 0 radical (unpaired) electrons. The van der Waals surface area contributed by atoms with Crippen LogP contribution >= 0.6 is 0 Å². The average Bonchev–Trinajstić information content (AvgIpc) is 3.04. The van der Waals surface area contributed by atoms with Crippen LogP contribution in [-0.4, -0.2) is 36.0 Å². The fourth-order valence-electron chi connectivity index (χ4n) is 2.82. The molecule has 1 saturated carbocycles. The topological polar surface area (TPSA) is 79.9 Å². The minimum Gasteiger partial charge on any atom is -0.326 e. The Hall–Kier alpha value is -1.59. The summed E-state index contributed by atoms with van der Waals surface area (Å²) in [5, 5.41) is 21.0. The first-order valence-electron chi connectivity index (χ1n) is 6.56. The Balaban J connectivity index is 1.76. The van der Waals surface area contributed by atoms with E-state index in [1.54, 1.807) is 4.90 Å². The van der Waals surface area contributed by atoms with E-state index in [1.807, 2.05) is 0 Å². The second-order valence-corrected chi connectivity index (χ2v) is 5.09. The van der Waals surface area contributed by atoms with Gasteiger partial charge in [0.15, 0.2) is 0 Å². The van der Waals surface area contributed by atoms with E-state index in [0.29, 0.717) is 13.1 Å². The number of likely N-dealkylation sites (tertiary alicyclic amines) is 1. The summed E-state index contributed by atoms with van der Waals surface area (Å²) in [6.45, 7) is 0.991. The summed E-state index contributed by atoms with van der Waals surface area (Å²) in [5.41, 5.74) is 0. The van der Waals surface area contributed by atoms with Crippen molar-refractivity contribution in [1.82, 2.24) is 10.2 Å². The van der Waals surface area contributed by atoms with Crippen LogP contribution < -0.4 is 5.32 Å². The van der Waals surface area contributed by atoms with Crippen LogP contribution in [0.15, 0.2) is 0 Å². The minimum atomic E-state index is -0.241. The van der Waals surface area contributed by atoms with Gasteiger partial charge in [-0.1, -0.05) is 0 Å². The Kier molecular flexibility index (Phi) is 4.17. The molecule has 2 fully saturated rings. The number of hydrogen-bond donors (Lipinski definition) is 1. The molecule has 1 amide bonds. The molecule has 5 nitrogen and oxygen atoms in total. The standard InChI is InChI=1S/C13H18N4O/c14-7-10-3-4-11(6-10)16-9-13(18)17-5-1-2-12(17)8-15/h10-12,16H,1-6,9H2/t10?,11?,12-/m0/s1. The molecule has 2 unspecified atom stereocenters. The van der Waals surface area contributed by atoms with Crippen LogP contribution in [0.5, 0.6) is 0 Å². The Labute approximate surface area is 107 Å². The number of nitrogens with zero attached hydrogens (tertiary/aromatic N) is 3. The maximum absolute atomic E-state index is 12.0. The summed E-state index contributed by atoms with van der Waals surface area (Å²) in [5.74, 6) is 0.149. The Morgan fingerprint density at radius 3 is 2.78 bits per heavy atom. The number of nitrogens with one attached hydrogen (secondary N) is 1. The van der Waals surface area contributed by atoms with E-state index < -0.39 is 0 Å². The lowest BCUT2D eigenvalue weighted by molar-refractivity contribution is -0.130. The second kappa shape index (κ2) is 5.84. The van der Waals surface area contributed by atoms with Crippen LogP contribution in [-0.2, 0) is 4.79 Å². The van der Waals surface area contributed by atoms with Gasteiger partial charge in [-0.15, -0.1) is 0 Å². The quantitative estimate of drug-likeness (QED) is 0.798. The van der Waals surface area contributed by atoms with Crippen molar-refractivity contribution in [2.24, 2.45) is 5.92 Å². The zero-order valence-electron chi connectivity index (χ0n) is 10.4. The van der Waals surface area contributed by atoms with Gasteiger partial charge in [-0.25, -0.2) is 0 Å². The molecule has 0 bridgehead atoms. The molecule has 0 aromatic heterocycles. The molecule has 2 rings (SSSR count). The molecular weight excluding hydrogens is 228 g/mol. The summed E-state index contributed by atoms with van der Waals surface area (Å²) in [6.07, 6.45) is 4.44. The van der Waals surface area contributed by atoms with E-state index in [9.17, 15) is 4.79 Å². The summed E-state index contributed by atoms with van der Waals surface area (Å²) >= 11 is 0. The summed E-state index contributed by atoms with van der Waals surface area (Å²) in [7, 11) is 0. The molecule has 1 N–H and O–H groups in total. The Morgan fingerprint density at radius 2 is 2.11 bits per heavy atom.